The fraction of sp³-hybridized carbons (Fsp3) is 0.182. The van der Waals surface area contributed by atoms with E-state index in [0.29, 0.717) is 11.6 Å². The molecule has 0 spiro atoms. The summed E-state index contributed by atoms with van der Waals surface area (Å²) in [7, 11) is 0. The van der Waals surface area contributed by atoms with Gasteiger partial charge in [-0.15, -0.1) is 0 Å². The minimum atomic E-state index is -4.64. The molecule has 1 heterocycles. The Hall–Kier alpha value is -1.78. The third-order valence-corrected chi connectivity index (χ3v) is 2.23. The van der Waals surface area contributed by atoms with Gasteiger partial charge in [0.2, 0.25) is 5.76 Å². The molecule has 0 aliphatic heterocycles. The summed E-state index contributed by atoms with van der Waals surface area (Å²) < 4.78 is 41.9. The maximum atomic E-state index is 12.4. The number of alkyl halides is 3. The van der Waals surface area contributed by atoms with E-state index < -0.39 is 17.4 Å². The minimum absolute atomic E-state index is 0.0117. The smallest absolute Gasteiger partial charge is 0.449 e. The SMILES string of the molecule is Cc1cccc2c(=O)cc(C(F)(F)F)oc12. The van der Waals surface area contributed by atoms with Crippen LogP contribution >= 0.6 is 0 Å². The van der Waals surface area contributed by atoms with Crippen LogP contribution in [0.1, 0.15) is 11.3 Å². The number of aryl methyl sites for hydroxylation is 1. The molecule has 0 amide bonds. The molecule has 0 N–H and O–H groups in total. The fourth-order valence-electron chi connectivity index (χ4n) is 1.46. The Balaban J connectivity index is 2.86. The van der Waals surface area contributed by atoms with Gasteiger partial charge in [-0.25, -0.2) is 0 Å². The van der Waals surface area contributed by atoms with Crippen LogP contribution in [0.5, 0.6) is 0 Å². The van der Waals surface area contributed by atoms with Crippen LogP contribution in [0.2, 0.25) is 0 Å². The van der Waals surface area contributed by atoms with Gasteiger partial charge in [0.15, 0.2) is 5.43 Å². The molecule has 5 heteroatoms. The highest BCUT2D eigenvalue weighted by Crippen LogP contribution is 2.30. The number of hydrogen-bond acceptors (Lipinski definition) is 2. The summed E-state index contributed by atoms with van der Waals surface area (Å²) >= 11 is 0. The minimum Gasteiger partial charge on any atom is -0.451 e. The Bertz CT molecular complexity index is 596. The molecule has 0 bridgehead atoms. The highest BCUT2D eigenvalue weighted by Gasteiger charge is 2.35. The lowest BCUT2D eigenvalue weighted by Crippen LogP contribution is -2.11. The van der Waals surface area contributed by atoms with E-state index >= 15 is 0 Å². The molecule has 0 atom stereocenters. The van der Waals surface area contributed by atoms with Crippen LogP contribution in [-0.4, -0.2) is 0 Å². The zero-order valence-electron chi connectivity index (χ0n) is 8.26. The Morgan fingerprint density at radius 1 is 1.25 bits per heavy atom. The second-order valence-corrected chi connectivity index (χ2v) is 3.42. The largest absolute Gasteiger partial charge is 0.451 e. The zero-order chi connectivity index (χ0) is 11.9. The van der Waals surface area contributed by atoms with E-state index in [1.54, 1.807) is 19.1 Å². The van der Waals surface area contributed by atoms with Gasteiger partial charge < -0.3 is 4.42 Å². The van der Waals surface area contributed by atoms with E-state index in [-0.39, 0.29) is 11.0 Å². The maximum absolute atomic E-state index is 12.4. The van der Waals surface area contributed by atoms with E-state index in [9.17, 15) is 18.0 Å². The summed E-state index contributed by atoms with van der Waals surface area (Å²) in [6.07, 6.45) is -4.64. The van der Waals surface area contributed by atoms with Gasteiger partial charge in [-0.1, -0.05) is 12.1 Å². The summed E-state index contributed by atoms with van der Waals surface area (Å²) in [5, 5.41) is 0.160. The molecule has 0 saturated heterocycles. The maximum Gasteiger partial charge on any atom is 0.449 e. The predicted molar refractivity (Wildman–Crippen MR) is 52.2 cm³/mol. The van der Waals surface area contributed by atoms with Crippen LogP contribution in [0.15, 0.2) is 33.5 Å². The lowest BCUT2D eigenvalue weighted by atomic mass is 10.1. The first-order chi connectivity index (χ1) is 7.39. The van der Waals surface area contributed by atoms with Crippen molar-refractivity contribution in [1.29, 1.82) is 0 Å². The highest BCUT2D eigenvalue weighted by molar-refractivity contribution is 5.79. The van der Waals surface area contributed by atoms with Crippen molar-refractivity contribution in [2.45, 2.75) is 13.1 Å². The van der Waals surface area contributed by atoms with Crippen molar-refractivity contribution >= 4 is 11.0 Å². The number of halogens is 3. The van der Waals surface area contributed by atoms with Crippen LogP contribution in [0, 0.1) is 6.92 Å². The van der Waals surface area contributed by atoms with E-state index in [2.05, 4.69) is 0 Å². The van der Waals surface area contributed by atoms with Crippen LogP contribution in [0.4, 0.5) is 13.2 Å². The third kappa shape index (κ3) is 1.68. The van der Waals surface area contributed by atoms with Crippen molar-refractivity contribution in [3.63, 3.8) is 0 Å². The molecule has 16 heavy (non-hydrogen) atoms. The van der Waals surface area contributed by atoms with Gasteiger partial charge in [0.25, 0.3) is 0 Å². The van der Waals surface area contributed by atoms with Crippen LogP contribution in [-0.2, 0) is 6.18 Å². The molecule has 0 fully saturated rings. The first-order valence-electron chi connectivity index (χ1n) is 4.50. The van der Waals surface area contributed by atoms with Gasteiger partial charge in [-0.05, 0) is 18.6 Å². The van der Waals surface area contributed by atoms with Crippen LogP contribution in [0.25, 0.3) is 11.0 Å². The molecule has 0 saturated carbocycles. The Morgan fingerprint density at radius 3 is 2.56 bits per heavy atom. The lowest BCUT2D eigenvalue weighted by Gasteiger charge is -2.07. The summed E-state index contributed by atoms with van der Waals surface area (Å²) in [4.78, 5) is 11.4. The van der Waals surface area contributed by atoms with Crippen LogP contribution < -0.4 is 5.43 Å². The molecule has 0 aliphatic rings. The van der Waals surface area contributed by atoms with E-state index in [1.165, 1.54) is 6.07 Å². The van der Waals surface area contributed by atoms with Gasteiger partial charge in [0.05, 0.1) is 5.39 Å². The first kappa shape index (κ1) is 10.7. The Morgan fingerprint density at radius 2 is 1.94 bits per heavy atom. The van der Waals surface area contributed by atoms with Gasteiger partial charge >= 0.3 is 6.18 Å². The summed E-state index contributed by atoms with van der Waals surface area (Å²) in [5.74, 6) is -1.26. The second kappa shape index (κ2) is 3.37. The number of benzene rings is 1. The lowest BCUT2D eigenvalue weighted by molar-refractivity contribution is -0.152. The normalized spacial score (nSPS) is 12.0. The predicted octanol–water partition coefficient (Wildman–Crippen LogP) is 3.12. The topological polar surface area (TPSA) is 30.2 Å². The van der Waals surface area contributed by atoms with E-state index in [1.807, 2.05) is 0 Å². The molecule has 2 nitrogen and oxygen atoms in total. The van der Waals surface area contributed by atoms with E-state index in [0.717, 1.165) is 0 Å². The number of hydrogen-bond donors (Lipinski definition) is 0. The molecule has 1 aromatic carbocycles. The molecule has 0 radical (unpaired) electrons. The molecule has 1 aromatic heterocycles. The molecule has 2 aromatic rings. The fourth-order valence-corrected chi connectivity index (χ4v) is 1.46. The van der Waals surface area contributed by atoms with Gasteiger partial charge in [0, 0.05) is 6.07 Å². The molecule has 0 aliphatic carbocycles. The summed E-state index contributed by atoms with van der Waals surface area (Å²) in [6, 6.07) is 5.10. The standard InChI is InChI=1S/C11H7F3O2/c1-6-3-2-4-7-8(15)5-9(11(12,13)14)16-10(6)7/h2-5H,1H3. The second-order valence-electron chi connectivity index (χ2n) is 3.42. The Kier molecular flexibility index (Phi) is 2.26. The number of para-hydroxylation sites is 1. The third-order valence-electron chi connectivity index (χ3n) is 2.23. The molecular weight excluding hydrogens is 221 g/mol. The highest BCUT2D eigenvalue weighted by atomic mass is 19.4. The molecular formula is C11H7F3O2. The van der Waals surface area contributed by atoms with Crippen molar-refractivity contribution in [3.8, 4) is 0 Å². The molecule has 84 valence electrons. The zero-order valence-corrected chi connectivity index (χ0v) is 8.26. The van der Waals surface area contributed by atoms with Gasteiger partial charge in [-0.2, -0.15) is 13.2 Å². The average molecular weight is 228 g/mol. The van der Waals surface area contributed by atoms with Crippen molar-refractivity contribution in [2.75, 3.05) is 0 Å². The van der Waals surface area contributed by atoms with E-state index in [4.69, 9.17) is 4.42 Å². The average Bonchev–Trinajstić information content (AvgIpc) is 2.18. The van der Waals surface area contributed by atoms with Crippen molar-refractivity contribution in [1.82, 2.24) is 0 Å². The van der Waals surface area contributed by atoms with Crippen molar-refractivity contribution in [2.24, 2.45) is 0 Å². The number of fused-ring (bicyclic) bond motifs is 1. The van der Waals surface area contributed by atoms with Gasteiger partial charge in [0.1, 0.15) is 5.58 Å². The molecule has 0 unspecified atom stereocenters. The first-order valence-corrected chi connectivity index (χ1v) is 4.50. The summed E-state index contributed by atoms with van der Waals surface area (Å²) in [6.45, 7) is 1.59. The van der Waals surface area contributed by atoms with Gasteiger partial charge in [-0.3, -0.25) is 4.79 Å². The molecule has 2 rings (SSSR count). The quantitative estimate of drug-likeness (QED) is 0.693. The van der Waals surface area contributed by atoms with Crippen molar-refractivity contribution in [3.05, 3.63) is 45.8 Å². The Labute approximate surface area is 88.3 Å². The monoisotopic (exact) mass is 228 g/mol. The summed E-state index contributed by atoms with van der Waals surface area (Å²) in [5.41, 5.74) is -0.194. The van der Waals surface area contributed by atoms with Crippen molar-refractivity contribution < 1.29 is 17.6 Å². The van der Waals surface area contributed by atoms with Crippen LogP contribution in [0.3, 0.4) is 0 Å². The number of rotatable bonds is 0.